The monoisotopic (exact) mass is 466 g/mol. The van der Waals surface area contributed by atoms with Crippen LogP contribution in [-0.2, 0) is 4.79 Å². The van der Waals surface area contributed by atoms with E-state index >= 15 is 0 Å². The van der Waals surface area contributed by atoms with E-state index in [1.807, 2.05) is 5.32 Å². The van der Waals surface area contributed by atoms with Gasteiger partial charge in [0, 0.05) is 35.5 Å². The van der Waals surface area contributed by atoms with Crippen molar-refractivity contribution < 1.29 is 28.3 Å². The summed E-state index contributed by atoms with van der Waals surface area (Å²) in [6.07, 6.45) is 3.85. The average molecular weight is 466 g/mol. The number of nitrogens with zero attached hydrogens (tertiary/aromatic N) is 4. The van der Waals surface area contributed by atoms with Gasteiger partial charge in [0.15, 0.2) is 23.1 Å². The third kappa shape index (κ3) is 4.75. The molecule has 1 aromatic carbocycles. The quantitative estimate of drug-likeness (QED) is 0.386. The fourth-order valence-electron chi connectivity index (χ4n) is 3.10. The number of methoxy groups -OCH3 is 1. The minimum absolute atomic E-state index is 0.0421. The molecule has 0 unspecified atom stereocenters. The highest BCUT2D eigenvalue weighted by molar-refractivity contribution is 6.00. The zero-order chi connectivity index (χ0) is 26.7. The lowest BCUT2D eigenvalue weighted by Crippen LogP contribution is -2.22. The van der Waals surface area contributed by atoms with Crippen LogP contribution < -0.4 is 20.7 Å². The fraction of sp³-hybridized carbons (Fsp3) is 0.227. The van der Waals surface area contributed by atoms with Gasteiger partial charge in [-0.15, -0.1) is 10.2 Å². The number of hydrogen-bond donors (Lipinski definition) is 4. The molecule has 2 heterocycles. The van der Waals surface area contributed by atoms with E-state index in [2.05, 4.69) is 30.8 Å². The number of aromatic nitrogens is 4. The van der Waals surface area contributed by atoms with Gasteiger partial charge in [0.1, 0.15) is 0 Å². The van der Waals surface area contributed by atoms with E-state index in [4.69, 9.17) is 14.0 Å². The summed E-state index contributed by atoms with van der Waals surface area (Å²) in [7, 11) is 1.39. The molecule has 0 aliphatic heterocycles. The Labute approximate surface area is 198 Å². The van der Waals surface area contributed by atoms with Crippen molar-refractivity contribution in [1.29, 1.82) is 0 Å². The van der Waals surface area contributed by atoms with Crippen molar-refractivity contribution in [2.45, 2.75) is 12.8 Å². The Morgan fingerprint density at radius 2 is 1.91 bits per heavy atom. The zero-order valence-electron chi connectivity index (χ0n) is 20.8. The Kier molecular flexibility index (Phi) is 5.28. The first-order chi connectivity index (χ1) is 17.6. The number of para-hydroxylation sites is 1. The Bertz CT molecular complexity index is 1360. The molecule has 3 aromatic rings. The van der Waals surface area contributed by atoms with Gasteiger partial charge in [0.25, 0.3) is 5.91 Å². The number of anilines is 3. The summed E-state index contributed by atoms with van der Waals surface area (Å²) in [5, 5.41) is 24.3. The normalized spacial score (nSPS) is 14.2. The highest BCUT2D eigenvalue weighted by Crippen LogP contribution is 2.37. The SMILES string of the molecule is [2H]C([2H])([2H])NC(=O)c1nnc(NC(=O)C2CC2)cc1Nc1cccc(-c2ncc(C(=O)O)cn2)c1OC. The number of hydrogen-bond acceptors (Lipinski definition) is 9. The number of rotatable bonds is 8. The summed E-state index contributed by atoms with van der Waals surface area (Å²) in [5.74, 6) is -2.05. The fourth-order valence-corrected chi connectivity index (χ4v) is 3.10. The number of carbonyl (C=O) groups is 3. The number of benzene rings is 1. The van der Waals surface area contributed by atoms with Crippen molar-refractivity contribution in [3.8, 4) is 17.1 Å². The molecule has 12 heteroatoms. The second-order valence-corrected chi connectivity index (χ2v) is 7.32. The van der Waals surface area contributed by atoms with Crippen LogP contribution >= 0.6 is 0 Å². The lowest BCUT2D eigenvalue weighted by atomic mass is 10.1. The predicted octanol–water partition coefficient (Wildman–Crippen LogP) is 2.09. The van der Waals surface area contributed by atoms with Crippen LogP contribution in [0, 0.1) is 5.92 Å². The van der Waals surface area contributed by atoms with Crippen molar-refractivity contribution in [2.24, 2.45) is 5.92 Å². The van der Waals surface area contributed by atoms with Crippen LogP contribution in [0.2, 0.25) is 0 Å². The first-order valence-electron chi connectivity index (χ1n) is 11.6. The topological polar surface area (TPSA) is 168 Å². The maximum Gasteiger partial charge on any atom is 0.338 e. The predicted molar refractivity (Wildman–Crippen MR) is 121 cm³/mol. The number of nitrogens with one attached hydrogen (secondary N) is 3. The lowest BCUT2D eigenvalue weighted by Gasteiger charge is -2.16. The molecule has 1 aliphatic carbocycles. The highest BCUT2D eigenvalue weighted by Gasteiger charge is 2.30. The van der Waals surface area contributed by atoms with Crippen LogP contribution in [0.1, 0.15) is 37.8 Å². The average Bonchev–Trinajstić information content (AvgIpc) is 3.69. The van der Waals surface area contributed by atoms with Gasteiger partial charge in [-0.2, -0.15) is 0 Å². The van der Waals surface area contributed by atoms with Crippen molar-refractivity contribution >= 4 is 35.0 Å². The molecule has 1 saturated carbocycles. The third-order valence-corrected chi connectivity index (χ3v) is 4.95. The van der Waals surface area contributed by atoms with Crippen LogP contribution in [-0.4, -0.2) is 57.1 Å². The molecule has 2 amide bonds. The van der Waals surface area contributed by atoms with E-state index in [0.717, 1.165) is 25.2 Å². The molecule has 174 valence electrons. The molecule has 1 aliphatic rings. The molecule has 4 N–H and O–H groups in total. The molecule has 1 fully saturated rings. The van der Waals surface area contributed by atoms with Crippen LogP contribution in [0.5, 0.6) is 5.75 Å². The van der Waals surface area contributed by atoms with Gasteiger partial charge in [0.2, 0.25) is 5.91 Å². The van der Waals surface area contributed by atoms with Gasteiger partial charge in [-0.1, -0.05) is 6.07 Å². The largest absolute Gasteiger partial charge is 0.494 e. The molecular formula is C22H21N7O5. The number of carboxylic acid groups (broad SMARTS) is 1. The number of aromatic carboxylic acids is 1. The van der Waals surface area contributed by atoms with Crippen molar-refractivity contribution in [3.05, 3.63) is 47.9 Å². The first kappa shape index (κ1) is 18.9. The number of ether oxygens (including phenoxy) is 1. The molecule has 0 atom stereocenters. The first-order valence-corrected chi connectivity index (χ1v) is 10.1. The van der Waals surface area contributed by atoms with Gasteiger partial charge >= 0.3 is 5.97 Å². The molecule has 2 aromatic heterocycles. The van der Waals surface area contributed by atoms with E-state index in [1.165, 1.54) is 13.2 Å². The van der Waals surface area contributed by atoms with Gasteiger partial charge < -0.3 is 25.8 Å². The van der Waals surface area contributed by atoms with E-state index in [0.29, 0.717) is 11.3 Å². The van der Waals surface area contributed by atoms with E-state index in [1.54, 1.807) is 18.2 Å². The number of amides is 2. The summed E-state index contributed by atoms with van der Waals surface area (Å²) in [6, 6.07) is 6.25. The summed E-state index contributed by atoms with van der Waals surface area (Å²) < 4.78 is 27.5. The third-order valence-electron chi connectivity index (χ3n) is 4.95. The van der Waals surface area contributed by atoms with Gasteiger partial charge in [0.05, 0.1) is 29.6 Å². The van der Waals surface area contributed by atoms with Crippen LogP contribution in [0.25, 0.3) is 11.4 Å². The summed E-state index contributed by atoms with van der Waals surface area (Å²) in [4.78, 5) is 44.1. The standard InChI is InChI=1S/C22H21N7O5/c1-23-21(31)17-15(8-16(28-29-17)27-20(30)11-6-7-11)26-14-5-3-4-13(18(14)34-2)19-24-9-12(10-25-19)22(32)33/h3-5,8-11H,6-7H2,1-2H3,(H,23,31)(H,32,33)(H2,26,27,28,30)/i1D3. The molecule has 12 nitrogen and oxygen atoms in total. The van der Waals surface area contributed by atoms with Crippen LogP contribution in [0.15, 0.2) is 36.7 Å². The van der Waals surface area contributed by atoms with Crippen molar-refractivity contribution in [1.82, 2.24) is 25.5 Å². The lowest BCUT2D eigenvalue weighted by molar-refractivity contribution is -0.117. The van der Waals surface area contributed by atoms with E-state index in [9.17, 15) is 14.4 Å². The molecule has 4 rings (SSSR count). The highest BCUT2D eigenvalue weighted by atomic mass is 16.5. The van der Waals surface area contributed by atoms with Crippen molar-refractivity contribution in [3.63, 3.8) is 0 Å². The smallest absolute Gasteiger partial charge is 0.338 e. The van der Waals surface area contributed by atoms with E-state index in [-0.39, 0.29) is 46.2 Å². The number of carboxylic acids is 1. The molecule has 0 spiro atoms. The molecule has 0 radical (unpaired) electrons. The molecule has 34 heavy (non-hydrogen) atoms. The van der Waals surface area contributed by atoms with Crippen molar-refractivity contribution in [2.75, 3.05) is 24.7 Å². The van der Waals surface area contributed by atoms with Gasteiger partial charge in [-0.25, -0.2) is 14.8 Å². The van der Waals surface area contributed by atoms with E-state index < -0.39 is 18.9 Å². The zero-order valence-corrected chi connectivity index (χ0v) is 17.8. The minimum Gasteiger partial charge on any atom is -0.494 e. The molecule has 0 saturated heterocycles. The summed E-state index contributed by atoms with van der Waals surface area (Å²) in [6.45, 7) is -2.77. The Morgan fingerprint density at radius 3 is 2.56 bits per heavy atom. The maximum atomic E-state index is 12.7. The second kappa shape index (κ2) is 9.48. The maximum absolute atomic E-state index is 12.7. The minimum atomic E-state index is -2.77. The van der Waals surface area contributed by atoms with Gasteiger partial charge in [-0.05, 0) is 25.0 Å². The molecule has 0 bridgehead atoms. The Balaban J connectivity index is 1.72. The van der Waals surface area contributed by atoms with Crippen LogP contribution in [0.4, 0.5) is 17.2 Å². The van der Waals surface area contributed by atoms with Crippen LogP contribution in [0.3, 0.4) is 0 Å². The Hall–Kier alpha value is -4.61. The summed E-state index contributed by atoms with van der Waals surface area (Å²) in [5.41, 5.74) is 0.338. The summed E-state index contributed by atoms with van der Waals surface area (Å²) >= 11 is 0. The van der Waals surface area contributed by atoms with Gasteiger partial charge in [-0.3, -0.25) is 9.59 Å². The Morgan fingerprint density at radius 1 is 1.15 bits per heavy atom. The molecular weight excluding hydrogens is 442 g/mol. The number of carbonyl (C=O) groups excluding carboxylic acids is 2. The second-order valence-electron chi connectivity index (χ2n) is 7.32.